The number of hydrogen-bond donors (Lipinski definition) is 2. The van der Waals surface area contributed by atoms with Crippen molar-refractivity contribution in [1.82, 2.24) is 14.7 Å². The fourth-order valence-corrected chi connectivity index (χ4v) is 1.46. The zero-order valence-electron chi connectivity index (χ0n) is 8.89. The number of imidazole rings is 1. The van der Waals surface area contributed by atoms with Gasteiger partial charge in [-0.05, 0) is 25.1 Å². The van der Waals surface area contributed by atoms with E-state index in [1.807, 2.05) is 16.7 Å². The van der Waals surface area contributed by atoms with Crippen LogP contribution in [0.2, 0.25) is 0 Å². The Bertz CT molecular complexity index is 491. The maximum atomic E-state index is 11.7. The van der Waals surface area contributed by atoms with Crippen molar-refractivity contribution >= 4 is 11.6 Å². The lowest BCUT2D eigenvalue weighted by Gasteiger charge is -2.04. The molecule has 16 heavy (non-hydrogen) atoms. The zero-order chi connectivity index (χ0) is 11.4. The van der Waals surface area contributed by atoms with E-state index in [-0.39, 0.29) is 5.91 Å². The van der Waals surface area contributed by atoms with Gasteiger partial charge < -0.3 is 15.5 Å². The average Bonchev–Trinajstić information content (AvgIpc) is 2.76. The molecule has 0 aliphatic heterocycles. The molecule has 0 saturated heterocycles. The van der Waals surface area contributed by atoms with E-state index in [4.69, 9.17) is 5.73 Å². The molecule has 5 nitrogen and oxygen atoms in total. The Hall–Kier alpha value is -1.88. The van der Waals surface area contributed by atoms with Crippen molar-refractivity contribution in [3.63, 3.8) is 0 Å². The third kappa shape index (κ3) is 2.20. The molecule has 0 fully saturated rings. The Morgan fingerprint density at radius 3 is 3.19 bits per heavy atom. The predicted octanol–water partition coefficient (Wildman–Crippen LogP) is 0.413. The molecule has 0 atom stereocenters. The Morgan fingerprint density at radius 2 is 2.38 bits per heavy atom. The highest BCUT2D eigenvalue weighted by molar-refractivity contribution is 5.94. The molecule has 0 bridgehead atoms. The van der Waals surface area contributed by atoms with Crippen LogP contribution >= 0.6 is 0 Å². The topological polar surface area (TPSA) is 72.4 Å². The van der Waals surface area contributed by atoms with Crippen LogP contribution in [-0.2, 0) is 0 Å². The van der Waals surface area contributed by atoms with E-state index >= 15 is 0 Å². The van der Waals surface area contributed by atoms with Gasteiger partial charge in [-0.3, -0.25) is 4.79 Å². The third-order valence-electron chi connectivity index (χ3n) is 2.32. The van der Waals surface area contributed by atoms with E-state index in [0.717, 1.165) is 12.1 Å². The van der Waals surface area contributed by atoms with Crippen molar-refractivity contribution in [3.05, 3.63) is 36.3 Å². The molecule has 5 heteroatoms. The SMILES string of the molecule is NCCCNC(=O)c1ccc2nccn2c1. The van der Waals surface area contributed by atoms with Gasteiger partial charge in [-0.25, -0.2) is 4.98 Å². The van der Waals surface area contributed by atoms with Crippen molar-refractivity contribution in [2.45, 2.75) is 6.42 Å². The van der Waals surface area contributed by atoms with Crippen LogP contribution in [0.5, 0.6) is 0 Å². The van der Waals surface area contributed by atoms with Crippen LogP contribution in [0.1, 0.15) is 16.8 Å². The number of pyridine rings is 1. The van der Waals surface area contributed by atoms with Gasteiger partial charge in [0.15, 0.2) is 0 Å². The van der Waals surface area contributed by atoms with Crippen molar-refractivity contribution in [2.24, 2.45) is 5.73 Å². The molecule has 2 heterocycles. The highest BCUT2D eigenvalue weighted by atomic mass is 16.1. The van der Waals surface area contributed by atoms with Crippen LogP contribution in [0.3, 0.4) is 0 Å². The number of nitrogens with two attached hydrogens (primary N) is 1. The smallest absolute Gasteiger partial charge is 0.252 e. The summed E-state index contributed by atoms with van der Waals surface area (Å²) in [6.07, 6.45) is 6.07. The second kappa shape index (κ2) is 4.76. The summed E-state index contributed by atoms with van der Waals surface area (Å²) in [5, 5.41) is 2.80. The van der Waals surface area contributed by atoms with E-state index in [9.17, 15) is 4.79 Å². The van der Waals surface area contributed by atoms with Crippen molar-refractivity contribution in [3.8, 4) is 0 Å². The Labute approximate surface area is 93.3 Å². The first-order valence-corrected chi connectivity index (χ1v) is 5.22. The number of nitrogens with zero attached hydrogens (tertiary/aromatic N) is 2. The number of rotatable bonds is 4. The van der Waals surface area contributed by atoms with Gasteiger partial charge in [0.25, 0.3) is 5.91 Å². The number of aromatic nitrogens is 2. The maximum Gasteiger partial charge on any atom is 0.252 e. The lowest BCUT2D eigenvalue weighted by molar-refractivity contribution is 0.0953. The van der Waals surface area contributed by atoms with E-state index in [0.29, 0.717) is 18.7 Å². The molecular weight excluding hydrogens is 204 g/mol. The van der Waals surface area contributed by atoms with Crippen molar-refractivity contribution in [1.29, 1.82) is 0 Å². The molecule has 0 saturated carbocycles. The first kappa shape index (κ1) is 10.6. The largest absolute Gasteiger partial charge is 0.352 e. The number of fused-ring (bicyclic) bond motifs is 1. The van der Waals surface area contributed by atoms with Gasteiger partial charge >= 0.3 is 0 Å². The van der Waals surface area contributed by atoms with Crippen LogP contribution in [0.15, 0.2) is 30.7 Å². The Balaban J connectivity index is 2.10. The van der Waals surface area contributed by atoms with Crippen LogP contribution in [0.25, 0.3) is 5.65 Å². The standard InChI is InChI=1S/C11H14N4O/c12-4-1-5-14-11(16)9-2-3-10-13-6-7-15(10)8-9/h2-3,6-8H,1,4-5,12H2,(H,14,16). The van der Waals surface area contributed by atoms with Crippen molar-refractivity contribution in [2.75, 3.05) is 13.1 Å². The summed E-state index contributed by atoms with van der Waals surface area (Å²) >= 11 is 0. The molecule has 0 aliphatic carbocycles. The summed E-state index contributed by atoms with van der Waals surface area (Å²) < 4.78 is 1.82. The molecule has 1 amide bonds. The summed E-state index contributed by atoms with van der Waals surface area (Å²) in [7, 11) is 0. The van der Waals surface area contributed by atoms with Crippen LogP contribution in [-0.4, -0.2) is 28.4 Å². The number of amides is 1. The maximum absolute atomic E-state index is 11.7. The summed E-state index contributed by atoms with van der Waals surface area (Å²) in [5.41, 5.74) is 6.81. The van der Waals surface area contributed by atoms with E-state index < -0.39 is 0 Å². The molecular formula is C11H14N4O. The van der Waals surface area contributed by atoms with Gasteiger partial charge in [0, 0.05) is 25.1 Å². The highest BCUT2D eigenvalue weighted by Gasteiger charge is 2.05. The molecule has 0 unspecified atom stereocenters. The first-order chi connectivity index (χ1) is 7.81. The van der Waals surface area contributed by atoms with Crippen LogP contribution in [0, 0.1) is 0 Å². The third-order valence-corrected chi connectivity index (χ3v) is 2.32. The summed E-state index contributed by atoms with van der Waals surface area (Å²) in [5.74, 6) is -0.0796. The molecule has 3 N–H and O–H groups in total. The summed E-state index contributed by atoms with van der Waals surface area (Å²) in [4.78, 5) is 15.8. The number of carbonyl (C=O) groups is 1. The zero-order valence-corrected chi connectivity index (χ0v) is 8.89. The van der Waals surface area contributed by atoms with Gasteiger partial charge in [-0.2, -0.15) is 0 Å². The fourth-order valence-electron chi connectivity index (χ4n) is 1.46. The molecule has 84 valence electrons. The predicted molar refractivity (Wildman–Crippen MR) is 61.2 cm³/mol. The van der Waals surface area contributed by atoms with Gasteiger partial charge in [0.1, 0.15) is 5.65 Å². The van der Waals surface area contributed by atoms with E-state index in [1.165, 1.54) is 0 Å². The fraction of sp³-hybridized carbons (Fsp3) is 0.273. The highest BCUT2D eigenvalue weighted by Crippen LogP contribution is 2.04. The van der Waals surface area contributed by atoms with Crippen molar-refractivity contribution < 1.29 is 4.79 Å². The minimum Gasteiger partial charge on any atom is -0.352 e. The van der Waals surface area contributed by atoms with E-state index in [1.54, 1.807) is 18.5 Å². The van der Waals surface area contributed by atoms with Gasteiger partial charge in [0.2, 0.25) is 0 Å². The number of carbonyl (C=O) groups excluding carboxylic acids is 1. The van der Waals surface area contributed by atoms with Crippen LogP contribution in [0.4, 0.5) is 0 Å². The summed E-state index contributed by atoms with van der Waals surface area (Å²) in [6.45, 7) is 1.19. The minimum absolute atomic E-state index is 0.0796. The number of hydrogen-bond acceptors (Lipinski definition) is 3. The second-order valence-corrected chi connectivity index (χ2v) is 3.51. The molecule has 0 aliphatic rings. The lowest BCUT2D eigenvalue weighted by atomic mass is 10.2. The van der Waals surface area contributed by atoms with Gasteiger partial charge in [-0.1, -0.05) is 0 Å². The summed E-state index contributed by atoms with van der Waals surface area (Å²) in [6, 6.07) is 3.58. The monoisotopic (exact) mass is 218 g/mol. The minimum atomic E-state index is -0.0796. The quantitative estimate of drug-likeness (QED) is 0.730. The van der Waals surface area contributed by atoms with E-state index in [2.05, 4.69) is 10.3 Å². The molecule has 2 rings (SSSR count). The Morgan fingerprint density at radius 1 is 1.50 bits per heavy atom. The molecule has 0 radical (unpaired) electrons. The second-order valence-electron chi connectivity index (χ2n) is 3.51. The Kier molecular flexibility index (Phi) is 3.16. The molecule has 0 spiro atoms. The lowest BCUT2D eigenvalue weighted by Crippen LogP contribution is -2.26. The van der Waals surface area contributed by atoms with Gasteiger partial charge in [-0.15, -0.1) is 0 Å². The average molecular weight is 218 g/mol. The van der Waals surface area contributed by atoms with Crippen LogP contribution < -0.4 is 11.1 Å². The normalized spacial score (nSPS) is 10.6. The first-order valence-electron chi connectivity index (χ1n) is 5.22. The number of nitrogens with one attached hydrogen (secondary N) is 1. The van der Waals surface area contributed by atoms with Gasteiger partial charge in [0.05, 0.1) is 5.56 Å². The molecule has 2 aromatic rings. The molecule has 2 aromatic heterocycles. The molecule has 0 aromatic carbocycles.